The Morgan fingerprint density at radius 3 is 0.818 bits per heavy atom. The summed E-state index contributed by atoms with van der Waals surface area (Å²) in [6.45, 7) is 0. The van der Waals surface area contributed by atoms with Crippen LogP contribution < -0.4 is 66.6 Å². The van der Waals surface area contributed by atoms with E-state index in [0.717, 1.165) is 0 Å². The molecule has 0 fully saturated rings. The monoisotopic (exact) mass is 362 g/mol. The van der Waals surface area contributed by atoms with Crippen molar-refractivity contribution in [3.05, 3.63) is 0 Å². The van der Waals surface area contributed by atoms with Crippen LogP contribution in [0.5, 0.6) is 0 Å². The molecule has 0 heterocycles. The maximum atomic E-state index is 8.65. The Morgan fingerprint density at radius 1 is 0.818 bits per heavy atom. The van der Waals surface area contributed by atoms with Crippen molar-refractivity contribution in [2.45, 2.75) is 0 Å². The molecule has 0 radical (unpaired) electrons. The molecule has 4 N–H and O–H groups in total. The second kappa shape index (κ2) is 22.7. The Morgan fingerprint density at radius 2 is 0.818 bits per heavy atom. The molecule has 0 aliphatic carbocycles. The van der Waals surface area contributed by atoms with Gasteiger partial charge in [-0.2, -0.15) is 0 Å². The van der Waals surface area contributed by atoms with Crippen LogP contribution >= 0.6 is 0 Å². The van der Waals surface area contributed by atoms with Crippen LogP contribution in [-0.4, -0.2) is 21.0 Å². The van der Waals surface area contributed by atoms with Crippen molar-refractivity contribution >= 4 is 0 Å². The summed E-state index contributed by atoms with van der Waals surface area (Å²) >= 11 is -6.17. The Hall–Kier alpha value is 2.05. The molecule has 0 amide bonds. The average molecular weight is 362 g/mol. The van der Waals surface area contributed by atoms with Gasteiger partial charge in [-0.15, -0.1) is 0 Å². The van der Waals surface area contributed by atoms with Crippen LogP contribution in [0.2, 0.25) is 0 Å². The first-order valence-electron chi connectivity index (χ1n) is 1.07. The molecule has 0 saturated carbocycles. The second-order valence-corrected chi connectivity index (χ2v) is 3.34. The van der Waals surface area contributed by atoms with Gasteiger partial charge in [0.15, 0.2) is 0 Å². The van der Waals surface area contributed by atoms with Gasteiger partial charge in [0.1, 0.15) is 0 Å². The molecule has 0 saturated heterocycles. The Balaban J connectivity index is -0.0000000178. The third-order valence-electron chi connectivity index (χ3n) is 0. The van der Waals surface area contributed by atoms with E-state index in [-0.39, 0.29) is 59.1 Å². The molecule has 0 spiro atoms. The van der Waals surface area contributed by atoms with E-state index >= 15 is 0 Å². The molecule has 0 aliphatic rings. The molecular formula is H4Na2O8W. The van der Waals surface area contributed by atoms with Crippen molar-refractivity contribution in [1.82, 2.24) is 0 Å². The molecule has 0 rings (SSSR count). The SMILES string of the molecule is OO.OO.[Na+].[Na+].[O]=[W](=[O])([O-])[O-]. The van der Waals surface area contributed by atoms with Crippen LogP contribution in [0.3, 0.4) is 0 Å². The summed E-state index contributed by atoms with van der Waals surface area (Å²) in [4.78, 5) is 0. The molecule has 0 aromatic heterocycles. The van der Waals surface area contributed by atoms with Crippen LogP contribution in [0.4, 0.5) is 0 Å². The predicted octanol–water partition coefficient (Wildman–Crippen LogP) is -8.58. The fourth-order valence-corrected chi connectivity index (χ4v) is 0. The van der Waals surface area contributed by atoms with Crippen LogP contribution in [-0.2, 0) is 23.5 Å². The molecule has 0 aromatic carbocycles. The van der Waals surface area contributed by atoms with Crippen molar-refractivity contribution in [2.24, 2.45) is 0 Å². The molecule has 0 bridgehead atoms. The number of hydrogen-bond acceptors (Lipinski definition) is 8. The molecule has 0 atom stereocenters. The molecule has 60 valence electrons. The zero-order valence-corrected chi connectivity index (χ0v) is 12.8. The van der Waals surface area contributed by atoms with Crippen molar-refractivity contribution in [3.8, 4) is 0 Å². The van der Waals surface area contributed by atoms with Gasteiger partial charge in [-0.1, -0.05) is 0 Å². The normalized spacial score (nSPS) is 6.36. The summed E-state index contributed by atoms with van der Waals surface area (Å²) in [6, 6.07) is 0. The van der Waals surface area contributed by atoms with E-state index in [1.165, 1.54) is 0 Å². The molecular weight excluding hydrogens is 358 g/mol. The van der Waals surface area contributed by atoms with Crippen LogP contribution in [0, 0.1) is 0 Å². The molecule has 8 nitrogen and oxygen atoms in total. The van der Waals surface area contributed by atoms with Gasteiger partial charge in [-0.25, -0.2) is 0 Å². The Kier molecular flexibility index (Phi) is 60.4. The molecule has 11 heavy (non-hydrogen) atoms. The van der Waals surface area contributed by atoms with E-state index in [2.05, 4.69) is 0 Å². The quantitative estimate of drug-likeness (QED) is 0.188. The van der Waals surface area contributed by atoms with Crippen molar-refractivity contribution < 1.29 is 111 Å². The van der Waals surface area contributed by atoms with Crippen molar-refractivity contribution in [3.63, 3.8) is 0 Å². The van der Waals surface area contributed by atoms with Crippen molar-refractivity contribution in [1.29, 1.82) is 0 Å². The summed E-state index contributed by atoms with van der Waals surface area (Å²) in [6.07, 6.45) is 0. The molecule has 0 unspecified atom stereocenters. The van der Waals surface area contributed by atoms with Gasteiger partial charge in [0.25, 0.3) is 0 Å². The van der Waals surface area contributed by atoms with E-state index in [9.17, 15) is 0 Å². The maximum absolute atomic E-state index is 8.65. The second-order valence-electron chi connectivity index (χ2n) is 0.408. The fraction of sp³-hybridized carbons (Fsp3) is 0. The van der Waals surface area contributed by atoms with Crippen molar-refractivity contribution in [2.75, 3.05) is 0 Å². The van der Waals surface area contributed by atoms with Gasteiger partial charge in [0, 0.05) is 0 Å². The summed E-state index contributed by atoms with van der Waals surface area (Å²) < 4.78 is 34.6. The summed E-state index contributed by atoms with van der Waals surface area (Å²) in [7, 11) is 0. The standard InChI is InChI=1S/2Na.2H2O2.4O.W/c;;2*1-2;;;;;/h;;2*1-2H;;;;;/q2*+1;;;;;2*-1;. The van der Waals surface area contributed by atoms with Crippen LogP contribution in [0.25, 0.3) is 0 Å². The van der Waals surface area contributed by atoms with Gasteiger partial charge in [0.2, 0.25) is 0 Å². The Bertz CT molecular complexity index is 95.3. The van der Waals surface area contributed by atoms with E-state index in [0.29, 0.717) is 0 Å². The average Bonchev–Trinajstić information content (AvgIpc) is 1.72. The first-order chi connectivity index (χ1) is 4.00. The minimum atomic E-state index is -6.17. The third-order valence-corrected chi connectivity index (χ3v) is 0. The first-order valence-corrected chi connectivity index (χ1v) is 5.86. The van der Waals surface area contributed by atoms with E-state index < -0.39 is 16.7 Å². The first kappa shape index (κ1) is 29.2. The number of rotatable bonds is 0. The van der Waals surface area contributed by atoms with E-state index in [1.54, 1.807) is 0 Å². The van der Waals surface area contributed by atoms with E-state index in [4.69, 9.17) is 35.3 Å². The molecule has 11 heteroatoms. The van der Waals surface area contributed by atoms with Gasteiger partial charge in [-0.05, 0) is 0 Å². The van der Waals surface area contributed by atoms with Gasteiger partial charge < -0.3 is 0 Å². The summed E-state index contributed by atoms with van der Waals surface area (Å²) in [5.74, 6) is 0. The van der Waals surface area contributed by atoms with Gasteiger partial charge in [0.05, 0.1) is 0 Å². The fourth-order valence-electron chi connectivity index (χ4n) is 0. The number of hydrogen-bond donors (Lipinski definition) is 4. The zero-order valence-electron chi connectivity index (χ0n) is 5.83. The summed E-state index contributed by atoms with van der Waals surface area (Å²) in [5, 5.41) is 24.0. The third kappa shape index (κ3) is 290. The van der Waals surface area contributed by atoms with Gasteiger partial charge in [-0.3, -0.25) is 21.0 Å². The zero-order chi connectivity index (χ0) is 8.50. The van der Waals surface area contributed by atoms with E-state index in [1.807, 2.05) is 0 Å². The predicted molar refractivity (Wildman–Crippen MR) is 11.9 cm³/mol. The van der Waals surface area contributed by atoms with Crippen LogP contribution in [0.1, 0.15) is 0 Å². The Labute approximate surface area is 110 Å². The topological polar surface area (TPSA) is 161 Å². The van der Waals surface area contributed by atoms with Crippen LogP contribution in [0.15, 0.2) is 0 Å². The van der Waals surface area contributed by atoms with Gasteiger partial charge >= 0.3 is 90.2 Å². The molecule has 0 aromatic rings. The molecule has 0 aliphatic heterocycles. The minimum absolute atomic E-state index is 0. The summed E-state index contributed by atoms with van der Waals surface area (Å²) in [5.41, 5.74) is 0.